The molecule has 1 heterocycles. The van der Waals surface area contributed by atoms with Crippen LogP contribution in [0.3, 0.4) is 0 Å². The van der Waals surface area contributed by atoms with Gasteiger partial charge in [-0.05, 0) is 19.1 Å². The van der Waals surface area contributed by atoms with E-state index in [2.05, 4.69) is 4.98 Å². The number of benzene rings is 1. The SMILES string of the molecule is CCN(C(=O)c1cc(OC)c(OC)c(OC)c1)c1nc(CC(=O)O)cs1. The number of hydrogen-bond donors (Lipinski definition) is 1. The molecule has 2 rings (SSSR count). The Labute approximate surface area is 154 Å². The molecule has 140 valence electrons. The largest absolute Gasteiger partial charge is 0.493 e. The first-order valence-corrected chi connectivity index (χ1v) is 8.61. The van der Waals surface area contributed by atoms with Crippen LogP contribution in [0.4, 0.5) is 5.13 Å². The van der Waals surface area contributed by atoms with E-state index >= 15 is 0 Å². The van der Waals surface area contributed by atoms with Crippen molar-refractivity contribution < 1.29 is 28.9 Å². The van der Waals surface area contributed by atoms with Gasteiger partial charge in [-0.3, -0.25) is 14.5 Å². The lowest BCUT2D eigenvalue weighted by molar-refractivity contribution is -0.136. The molecule has 0 saturated carbocycles. The molecule has 9 heteroatoms. The van der Waals surface area contributed by atoms with Crippen LogP contribution >= 0.6 is 11.3 Å². The molecule has 1 amide bonds. The lowest BCUT2D eigenvalue weighted by Crippen LogP contribution is -2.30. The molecule has 0 bridgehead atoms. The predicted octanol–water partition coefficient (Wildman–Crippen LogP) is 2.46. The minimum Gasteiger partial charge on any atom is -0.493 e. The highest BCUT2D eigenvalue weighted by atomic mass is 32.1. The van der Waals surface area contributed by atoms with Crippen LogP contribution < -0.4 is 19.1 Å². The van der Waals surface area contributed by atoms with E-state index in [1.54, 1.807) is 17.5 Å². The van der Waals surface area contributed by atoms with Crippen molar-refractivity contribution in [2.24, 2.45) is 0 Å². The molecule has 0 aliphatic carbocycles. The molecule has 8 nitrogen and oxygen atoms in total. The fourth-order valence-electron chi connectivity index (χ4n) is 2.38. The van der Waals surface area contributed by atoms with Gasteiger partial charge in [-0.2, -0.15) is 0 Å². The molecule has 1 aromatic heterocycles. The number of aromatic nitrogens is 1. The highest BCUT2D eigenvalue weighted by Crippen LogP contribution is 2.38. The predicted molar refractivity (Wildman–Crippen MR) is 96.9 cm³/mol. The van der Waals surface area contributed by atoms with E-state index in [0.29, 0.717) is 40.2 Å². The quantitative estimate of drug-likeness (QED) is 0.751. The van der Waals surface area contributed by atoms with Crippen molar-refractivity contribution in [3.63, 3.8) is 0 Å². The van der Waals surface area contributed by atoms with Crippen LogP contribution in [0.2, 0.25) is 0 Å². The zero-order valence-electron chi connectivity index (χ0n) is 14.9. The monoisotopic (exact) mass is 380 g/mol. The van der Waals surface area contributed by atoms with Gasteiger partial charge in [0.25, 0.3) is 5.91 Å². The van der Waals surface area contributed by atoms with Gasteiger partial charge in [-0.25, -0.2) is 4.98 Å². The van der Waals surface area contributed by atoms with Crippen LogP contribution in [0.25, 0.3) is 0 Å². The minimum absolute atomic E-state index is 0.188. The molecule has 0 unspecified atom stereocenters. The molecular weight excluding hydrogens is 360 g/mol. The number of carboxylic acid groups (broad SMARTS) is 1. The Morgan fingerprint density at radius 3 is 2.23 bits per heavy atom. The van der Waals surface area contributed by atoms with Crippen molar-refractivity contribution in [1.29, 1.82) is 0 Å². The third-order valence-electron chi connectivity index (χ3n) is 3.58. The Hall–Kier alpha value is -2.81. The van der Waals surface area contributed by atoms with E-state index in [1.807, 2.05) is 6.92 Å². The molecule has 0 saturated heterocycles. The summed E-state index contributed by atoms with van der Waals surface area (Å²) in [6.07, 6.45) is -0.188. The minimum atomic E-state index is -0.971. The maximum Gasteiger partial charge on any atom is 0.309 e. The normalized spacial score (nSPS) is 10.3. The van der Waals surface area contributed by atoms with Crippen LogP contribution in [0, 0.1) is 0 Å². The average Bonchev–Trinajstić information content (AvgIpc) is 3.08. The molecule has 0 aliphatic rings. The Morgan fingerprint density at radius 2 is 1.77 bits per heavy atom. The van der Waals surface area contributed by atoms with Gasteiger partial charge >= 0.3 is 5.97 Å². The molecule has 0 aliphatic heterocycles. The van der Waals surface area contributed by atoms with Crippen LogP contribution in [-0.2, 0) is 11.2 Å². The Kier molecular flexibility index (Phi) is 6.40. The van der Waals surface area contributed by atoms with Crippen molar-refractivity contribution in [1.82, 2.24) is 4.98 Å². The van der Waals surface area contributed by atoms with E-state index in [-0.39, 0.29) is 12.3 Å². The maximum absolute atomic E-state index is 13.0. The number of anilines is 1. The summed E-state index contributed by atoms with van der Waals surface area (Å²) in [6.45, 7) is 2.18. The van der Waals surface area contributed by atoms with E-state index in [0.717, 1.165) is 0 Å². The van der Waals surface area contributed by atoms with Crippen LogP contribution in [-0.4, -0.2) is 49.8 Å². The Balaban J connectivity index is 2.39. The molecule has 0 atom stereocenters. The first-order valence-electron chi connectivity index (χ1n) is 7.73. The molecule has 0 spiro atoms. The zero-order chi connectivity index (χ0) is 19.3. The zero-order valence-corrected chi connectivity index (χ0v) is 15.8. The lowest BCUT2D eigenvalue weighted by atomic mass is 10.1. The summed E-state index contributed by atoms with van der Waals surface area (Å²) in [5.74, 6) is -0.134. The maximum atomic E-state index is 13.0. The Bertz CT molecular complexity index is 779. The summed E-state index contributed by atoms with van der Waals surface area (Å²) < 4.78 is 15.8. The first kappa shape index (κ1) is 19.5. The standard InChI is InChI=1S/C17H20N2O6S/c1-5-19(17-18-11(9-26-17)8-14(20)21)16(22)10-6-12(23-2)15(25-4)13(7-10)24-3/h6-7,9H,5,8H2,1-4H3,(H,20,21). The van der Waals surface area contributed by atoms with Crippen molar-refractivity contribution in [3.8, 4) is 17.2 Å². The third-order valence-corrected chi connectivity index (χ3v) is 4.49. The smallest absolute Gasteiger partial charge is 0.309 e. The molecule has 1 N–H and O–H groups in total. The second kappa shape index (κ2) is 8.52. The number of rotatable bonds is 8. The molecule has 0 fully saturated rings. The lowest BCUT2D eigenvalue weighted by Gasteiger charge is -2.19. The summed E-state index contributed by atoms with van der Waals surface area (Å²) in [4.78, 5) is 29.5. The second-order valence-electron chi connectivity index (χ2n) is 5.16. The summed E-state index contributed by atoms with van der Waals surface area (Å²) in [5.41, 5.74) is 0.755. The van der Waals surface area contributed by atoms with Gasteiger partial charge in [0.1, 0.15) is 0 Å². The van der Waals surface area contributed by atoms with E-state index in [1.165, 1.54) is 37.6 Å². The summed E-state index contributed by atoms with van der Waals surface area (Å²) in [5, 5.41) is 10.9. The van der Waals surface area contributed by atoms with Crippen molar-refractivity contribution in [2.75, 3.05) is 32.8 Å². The van der Waals surface area contributed by atoms with E-state index in [9.17, 15) is 9.59 Å². The summed E-state index contributed by atoms with van der Waals surface area (Å²) in [6, 6.07) is 3.14. The number of methoxy groups -OCH3 is 3. The number of amides is 1. The van der Waals surface area contributed by atoms with Gasteiger partial charge in [0.05, 0.1) is 33.4 Å². The number of carbonyl (C=O) groups excluding carboxylic acids is 1. The van der Waals surface area contributed by atoms with E-state index in [4.69, 9.17) is 19.3 Å². The van der Waals surface area contributed by atoms with Gasteiger partial charge in [-0.15, -0.1) is 11.3 Å². The number of nitrogens with zero attached hydrogens (tertiary/aromatic N) is 2. The highest BCUT2D eigenvalue weighted by Gasteiger charge is 2.23. The van der Waals surface area contributed by atoms with Gasteiger partial charge < -0.3 is 19.3 Å². The van der Waals surface area contributed by atoms with Crippen LogP contribution in [0.5, 0.6) is 17.2 Å². The van der Waals surface area contributed by atoms with Crippen LogP contribution in [0.1, 0.15) is 23.0 Å². The second-order valence-corrected chi connectivity index (χ2v) is 5.99. The van der Waals surface area contributed by atoms with Crippen molar-refractivity contribution >= 4 is 28.3 Å². The fraction of sp³-hybridized carbons (Fsp3) is 0.353. The summed E-state index contributed by atoms with van der Waals surface area (Å²) >= 11 is 1.22. The average molecular weight is 380 g/mol. The fourth-order valence-corrected chi connectivity index (χ4v) is 3.27. The topological polar surface area (TPSA) is 98.2 Å². The number of carbonyl (C=O) groups is 2. The van der Waals surface area contributed by atoms with Crippen LogP contribution in [0.15, 0.2) is 17.5 Å². The number of aliphatic carboxylic acids is 1. The number of carboxylic acids is 1. The molecule has 26 heavy (non-hydrogen) atoms. The van der Waals surface area contributed by atoms with Crippen molar-refractivity contribution in [2.45, 2.75) is 13.3 Å². The number of thiazole rings is 1. The number of ether oxygens (including phenoxy) is 3. The Morgan fingerprint density at radius 1 is 1.15 bits per heavy atom. The number of hydrogen-bond acceptors (Lipinski definition) is 7. The molecular formula is C17H20N2O6S. The van der Waals surface area contributed by atoms with Gasteiger partial charge in [0.2, 0.25) is 5.75 Å². The molecule has 0 radical (unpaired) electrons. The van der Waals surface area contributed by atoms with Crippen molar-refractivity contribution in [3.05, 3.63) is 28.8 Å². The first-order chi connectivity index (χ1) is 12.4. The van der Waals surface area contributed by atoms with Gasteiger partial charge in [-0.1, -0.05) is 0 Å². The summed E-state index contributed by atoms with van der Waals surface area (Å²) in [7, 11) is 4.43. The van der Waals surface area contributed by atoms with Gasteiger partial charge in [0.15, 0.2) is 16.6 Å². The van der Waals surface area contributed by atoms with Gasteiger partial charge in [0, 0.05) is 17.5 Å². The molecule has 2 aromatic rings. The highest BCUT2D eigenvalue weighted by molar-refractivity contribution is 7.14. The third kappa shape index (κ3) is 4.05. The van der Waals surface area contributed by atoms with E-state index < -0.39 is 5.97 Å². The molecule has 1 aromatic carbocycles.